The van der Waals surface area contributed by atoms with Gasteiger partial charge in [-0.1, -0.05) is 31.3 Å². The van der Waals surface area contributed by atoms with Crippen LogP contribution in [0.5, 0.6) is 0 Å². The van der Waals surface area contributed by atoms with Gasteiger partial charge in [-0.05, 0) is 19.4 Å². The van der Waals surface area contributed by atoms with E-state index in [4.69, 9.17) is 15.0 Å². The minimum absolute atomic E-state index is 0.0729. The number of hydrogen-bond acceptors (Lipinski definition) is 6. The maximum absolute atomic E-state index is 6.46. The van der Waals surface area contributed by atoms with Crippen LogP contribution < -0.4 is 5.73 Å². The fourth-order valence-corrected chi connectivity index (χ4v) is 3.35. The summed E-state index contributed by atoms with van der Waals surface area (Å²) in [6.07, 6.45) is 6.41. The van der Waals surface area contributed by atoms with Crippen molar-refractivity contribution < 1.29 is 9.26 Å². The standard InChI is InChI=1S/C15H26N4O2/c1-2-19-8-9-20-12(11-19)14-17-13(21-18-14)10-15(16)6-4-3-5-7-15/h12H,2-11,16H2,1H3. The molecule has 0 bridgehead atoms. The van der Waals surface area contributed by atoms with Gasteiger partial charge in [-0.15, -0.1) is 0 Å². The molecule has 6 nitrogen and oxygen atoms in total. The molecule has 6 heteroatoms. The van der Waals surface area contributed by atoms with Crippen LogP contribution in [-0.4, -0.2) is 46.8 Å². The normalized spacial score (nSPS) is 26.9. The first-order valence-electron chi connectivity index (χ1n) is 8.14. The van der Waals surface area contributed by atoms with Gasteiger partial charge in [-0.3, -0.25) is 4.90 Å². The molecule has 1 aromatic rings. The predicted octanol–water partition coefficient (Wildman–Crippen LogP) is 1.67. The van der Waals surface area contributed by atoms with Gasteiger partial charge in [0.1, 0.15) is 6.10 Å². The van der Waals surface area contributed by atoms with Gasteiger partial charge in [0, 0.05) is 25.0 Å². The first-order valence-corrected chi connectivity index (χ1v) is 8.14. The summed E-state index contributed by atoms with van der Waals surface area (Å²) in [5.41, 5.74) is 6.29. The van der Waals surface area contributed by atoms with Crippen LogP contribution in [0.3, 0.4) is 0 Å². The molecule has 2 aliphatic rings. The number of nitrogens with two attached hydrogens (primary N) is 1. The maximum atomic E-state index is 6.46. The van der Waals surface area contributed by atoms with Crippen molar-refractivity contribution in [3.63, 3.8) is 0 Å². The van der Waals surface area contributed by atoms with E-state index in [1.807, 2.05) is 0 Å². The number of rotatable bonds is 4. The smallest absolute Gasteiger partial charge is 0.228 e. The number of morpholine rings is 1. The van der Waals surface area contributed by atoms with Gasteiger partial charge in [0.25, 0.3) is 0 Å². The molecule has 21 heavy (non-hydrogen) atoms. The SMILES string of the molecule is CCN1CCOC(c2noc(CC3(N)CCCCC3)n2)C1. The molecule has 3 rings (SSSR count). The predicted molar refractivity (Wildman–Crippen MR) is 78.8 cm³/mol. The van der Waals surface area contributed by atoms with Crippen LogP contribution in [-0.2, 0) is 11.2 Å². The highest BCUT2D eigenvalue weighted by Gasteiger charge is 2.31. The zero-order chi connectivity index (χ0) is 14.7. The Morgan fingerprint density at radius 3 is 2.90 bits per heavy atom. The number of likely N-dealkylation sites (N-methyl/N-ethyl adjacent to an activating group) is 1. The van der Waals surface area contributed by atoms with E-state index in [1.54, 1.807) is 0 Å². The fraction of sp³-hybridized carbons (Fsp3) is 0.867. The Kier molecular flexibility index (Phi) is 4.57. The summed E-state index contributed by atoms with van der Waals surface area (Å²) >= 11 is 0. The van der Waals surface area contributed by atoms with E-state index in [-0.39, 0.29) is 11.6 Å². The molecule has 1 aromatic heterocycles. The Balaban J connectivity index is 1.63. The second-order valence-corrected chi connectivity index (χ2v) is 6.40. The highest BCUT2D eigenvalue weighted by Crippen LogP contribution is 2.29. The van der Waals surface area contributed by atoms with Crippen molar-refractivity contribution in [3.05, 3.63) is 11.7 Å². The minimum atomic E-state index is -0.162. The van der Waals surface area contributed by atoms with Crippen LogP contribution in [0.2, 0.25) is 0 Å². The summed E-state index contributed by atoms with van der Waals surface area (Å²) in [7, 11) is 0. The average molecular weight is 294 g/mol. The van der Waals surface area contributed by atoms with Crippen molar-refractivity contribution in [2.24, 2.45) is 5.73 Å². The molecule has 1 saturated heterocycles. The van der Waals surface area contributed by atoms with Crippen LogP contribution in [0.4, 0.5) is 0 Å². The molecule has 1 aliphatic heterocycles. The second-order valence-electron chi connectivity index (χ2n) is 6.40. The molecule has 1 aliphatic carbocycles. The molecular weight excluding hydrogens is 268 g/mol. The Morgan fingerprint density at radius 1 is 1.33 bits per heavy atom. The van der Waals surface area contributed by atoms with Crippen molar-refractivity contribution in [2.75, 3.05) is 26.2 Å². The molecule has 1 atom stereocenters. The lowest BCUT2D eigenvalue weighted by molar-refractivity contribution is -0.0334. The van der Waals surface area contributed by atoms with E-state index >= 15 is 0 Å². The van der Waals surface area contributed by atoms with Crippen molar-refractivity contribution in [1.29, 1.82) is 0 Å². The summed E-state index contributed by atoms with van der Waals surface area (Å²) in [6.45, 7) is 5.72. The highest BCUT2D eigenvalue weighted by molar-refractivity contribution is 5.00. The molecule has 118 valence electrons. The van der Waals surface area contributed by atoms with Gasteiger partial charge in [-0.2, -0.15) is 4.98 Å². The van der Waals surface area contributed by atoms with Crippen LogP contribution in [0.1, 0.15) is 56.8 Å². The molecule has 0 spiro atoms. The van der Waals surface area contributed by atoms with Gasteiger partial charge in [0.2, 0.25) is 11.7 Å². The van der Waals surface area contributed by atoms with Gasteiger partial charge < -0.3 is 15.0 Å². The first-order chi connectivity index (χ1) is 10.2. The molecule has 0 aromatic carbocycles. The third kappa shape index (κ3) is 3.62. The monoisotopic (exact) mass is 294 g/mol. The molecule has 2 fully saturated rings. The van der Waals surface area contributed by atoms with Crippen LogP contribution >= 0.6 is 0 Å². The molecule has 2 N–H and O–H groups in total. The Bertz CT molecular complexity index is 456. The van der Waals surface area contributed by atoms with Gasteiger partial charge in [0.15, 0.2) is 0 Å². The second kappa shape index (κ2) is 6.42. The topological polar surface area (TPSA) is 77.4 Å². The lowest BCUT2D eigenvalue weighted by Crippen LogP contribution is -2.43. The third-order valence-corrected chi connectivity index (χ3v) is 4.72. The van der Waals surface area contributed by atoms with Crippen LogP contribution in [0.25, 0.3) is 0 Å². The van der Waals surface area contributed by atoms with Crippen molar-refractivity contribution in [1.82, 2.24) is 15.0 Å². The van der Waals surface area contributed by atoms with Gasteiger partial charge >= 0.3 is 0 Å². The van der Waals surface area contributed by atoms with E-state index in [2.05, 4.69) is 22.0 Å². The summed E-state index contributed by atoms with van der Waals surface area (Å²) in [5, 5.41) is 4.11. The van der Waals surface area contributed by atoms with Crippen LogP contribution in [0.15, 0.2) is 4.52 Å². The summed E-state index contributed by atoms with van der Waals surface area (Å²) in [6, 6.07) is 0. The molecular formula is C15H26N4O2. The molecule has 2 heterocycles. The van der Waals surface area contributed by atoms with Crippen molar-refractivity contribution in [3.8, 4) is 0 Å². The van der Waals surface area contributed by atoms with Crippen molar-refractivity contribution >= 4 is 0 Å². The van der Waals surface area contributed by atoms with Crippen molar-refractivity contribution in [2.45, 2.75) is 57.1 Å². The molecule has 1 saturated carbocycles. The zero-order valence-electron chi connectivity index (χ0n) is 12.9. The minimum Gasteiger partial charge on any atom is -0.367 e. The summed E-state index contributed by atoms with van der Waals surface area (Å²) in [4.78, 5) is 6.88. The molecule has 0 radical (unpaired) electrons. The van der Waals surface area contributed by atoms with E-state index in [0.717, 1.165) is 39.1 Å². The summed E-state index contributed by atoms with van der Waals surface area (Å²) in [5.74, 6) is 1.33. The summed E-state index contributed by atoms with van der Waals surface area (Å²) < 4.78 is 11.2. The third-order valence-electron chi connectivity index (χ3n) is 4.72. The fourth-order valence-electron chi connectivity index (χ4n) is 3.35. The van der Waals surface area contributed by atoms with Gasteiger partial charge in [-0.25, -0.2) is 0 Å². The van der Waals surface area contributed by atoms with E-state index in [1.165, 1.54) is 19.3 Å². The maximum Gasteiger partial charge on any atom is 0.228 e. The van der Waals surface area contributed by atoms with E-state index in [9.17, 15) is 0 Å². The van der Waals surface area contributed by atoms with Crippen LogP contribution in [0, 0.1) is 0 Å². The quantitative estimate of drug-likeness (QED) is 0.910. The number of ether oxygens (including phenoxy) is 1. The number of nitrogens with zero attached hydrogens (tertiary/aromatic N) is 3. The molecule has 0 amide bonds. The Labute approximate surface area is 126 Å². The van der Waals surface area contributed by atoms with E-state index < -0.39 is 0 Å². The number of hydrogen-bond donors (Lipinski definition) is 1. The largest absolute Gasteiger partial charge is 0.367 e. The van der Waals surface area contributed by atoms with Gasteiger partial charge in [0.05, 0.1) is 6.61 Å². The van der Waals surface area contributed by atoms with E-state index in [0.29, 0.717) is 18.1 Å². The molecule has 1 unspecified atom stereocenters. The Morgan fingerprint density at radius 2 is 2.14 bits per heavy atom. The lowest BCUT2D eigenvalue weighted by atomic mass is 9.80. The highest BCUT2D eigenvalue weighted by atomic mass is 16.5. The Hall–Kier alpha value is -0.980. The average Bonchev–Trinajstić information content (AvgIpc) is 2.96. The zero-order valence-corrected chi connectivity index (χ0v) is 12.9. The first kappa shape index (κ1) is 14.9. The lowest BCUT2D eigenvalue weighted by Gasteiger charge is -2.32. The number of aromatic nitrogens is 2.